The van der Waals surface area contributed by atoms with E-state index < -0.39 is 0 Å². The van der Waals surface area contributed by atoms with Gasteiger partial charge >= 0.3 is 0 Å². The van der Waals surface area contributed by atoms with Gasteiger partial charge in [0.2, 0.25) is 5.91 Å². The first-order valence-corrected chi connectivity index (χ1v) is 12.8. The molecule has 0 aliphatic heterocycles. The van der Waals surface area contributed by atoms with Crippen molar-refractivity contribution < 1.29 is 9.53 Å². The average Bonchev–Trinajstić information content (AvgIpc) is 3.22. The summed E-state index contributed by atoms with van der Waals surface area (Å²) in [6.07, 6.45) is 4.41. The molecule has 1 aromatic carbocycles. The number of aromatic nitrogens is 2. The number of carbonyl (C=O) groups excluding carboxylic acids is 1. The molecule has 3 aromatic rings. The lowest BCUT2D eigenvalue weighted by atomic mass is 9.97. The van der Waals surface area contributed by atoms with Crippen molar-refractivity contribution in [3.05, 3.63) is 51.1 Å². The number of amides is 1. The number of fused-ring (bicyclic) bond motifs is 3. The Bertz CT molecular complexity index is 1230. The van der Waals surface area contributed by atoms with Crippen molar-refractivity contribution in [3.63, 3.8) is 0 Å². The van der Waals surface area contributed by atoms with Crippen LogP contribution < -0.4 is 10.5 Å². The van der Waals surface area contributed by atoms with Crippen LogP contribution in [0.15, 0.2) is 40.3 Å². The van der Waals surface area contributed by atoms with E-state index in [0.717, 1.165) is 47.2 Å². The smallest absolute Gasteiger partial charge is 0.263 e. The molecule has 0 radical (unpaired) electrons. The van der Waals surface area contributed by atoms with E-state index in [0.29, 0.717) is 24.9 Å². The third-order valence-electron chi connectivity index (χ3n) is 5.70. The largest absolute Gasteiger partial charge is 0.383 e. The minimum absolute atomic E-state index is 0.0456. The van der Waals surface area contributed by atoms with E-state index in [1.165, 1.54) is 16.6 Å². The van der Waals surface area contributed by atoms with Gasteiger partial charge in [0.05, 0.1) is 36.8 Å². The van der Waals surface area contributed by atoms with Crippen LogP contribution in [-0.2, 0) is 28.9 Å². The highest BCUT2D eigenvalue weighted by Crippen LogP contribution is 2.34. The van der Waals surface area contributed by atoms with Crippen LogP contribution in [0.1, 0.15) is 29.7 Å². The number of anilines is 1. The summed E-state index contributed by atoms with van der Waals surface area (Å²) in [5.74, 6) is -0.00404. The molecule has 2 aromatic heterocycles. The van der Waals surface area contributed by atoms with Gasteiger partial charge in [0.1, 0.15) is 4.83 Å². The highest BCUT2D eigenvalue weighted by Gasteiger charge is 2.23. The van der Waals surface area contributed by atoms with Crippen LogP contribution in [0.5, 0.6) is 0 Å². The minimum Gasteiger partial charge on any atom is -0.383 e. The van der Waals surface area contributed by atoms with Crippen LogP contribution in [-0.4, -0.2) is 41.5 Å². The lowest BCUT2D eigenvalue weighted by Gasteiger charge is -2.22. The number of thioether (sulfide) groups is 1. The van der Waals surface area contributed by atoms with Gasteiger partial charge in [-0.05, 0) is 43.4 Å². The molecule has 172 valence electrons. The number of ether oxygens (including phenoxy) is 1. The molecule has 0 N–H and O–H groups in total. The lowest BCUT2D eigenvalue weighted by Crippen LogP contribution is -2.33. The monoisotopic (exact) mass is 482 g/mol. The molecule has 0 unspecified atom stereocenters. The van der Waals surface area contributed by atoms with Crippen molar-refractivity contribution in [1.82, 2.24) is 9.55 Å². The van der Waals surface area contributed by atoms with Gasteiger partial charge in [0, 0.05) is 24.2 Å². The molecule has 0 saturated heterocycles. The summed E-state index contributed by atoms with van der Waals surface area (Å²) in [6, 6.07) is 11.4. The van der Waals surface area contributed by atoms with Gasteiger partial charge < -0.3 is 9.64 Å². The fraction of sp³-hybridized carbons (Fsp3) is 0.417. The van der Waals surface area contributed by atoms with Crippen molar-refractivity contribution in [1.29, 1.82) is 5.26 Å². The van der Waals surface area contributed by atoms with Crippen LogP contribution in [0.3, 0.4) is 0 Å². The van der Waals surface area contributed by atoms with Gasteiger partial charge in [-0.1, -0.05) is 30.0 Å². The number of thiophene rings is 1. The summed E-state index contributed by atoms with van der Waals surface area (Å²) in [6.45, 7) is 1.09. The zero-order valence-corrected chi connectivity index (χ0v) is 20.2. The number of methoxy groups -OCH3 is 1. The first kappa shape index (κ1) is 23.5. The molecule has 1 aliphatic carbocycles. The number of benzene rings is 1. The Morgan fingerprint density at radius 1 is 1.30 bits per heavy atom. The van der Waals surface area contributed by atoms with Crippen molar-refractivity contribution in [2.24, 2.45) is 0 Å². The van der Waals surface area contributed by atoms with Crippen LogP contribution in [0.2, 0.25) is 0 Å². The molecule has 33 heavy (non-hydrogen) atoms. The Balaban J connectivity index is 1.63. The average molecular weight is 483 g/mol. The van der Waals surface area contributed by atoms with E-state index in [2.05, 4.69) is 6.07 Å². The zero-order chi connectivity index (χ0) is 23.2. The number of hydrogen-bond donors (Lipinski definition) is 0. The Hall–Kier alpha value is -2.67. The Morgan fingerprint density at radius 2 is 2.09 bits per heavy atom. The second-order valence-corrected chi connectivity index (χ2v) is 9.84. The molecular weight excluding hydrogens is 456 g/mol. The van der Waals surface area contributed by atoms with Gasteiger partial charge in [-0.3, -0.25) is 14.2 Å². The predicted octanol–water partition coefficient (Wildman–Crippen LogP) is 4.02. The molecule has 1 aliphatic rings. The maximum Gasteiger partial charge on any atom is 0.263 e. The first-order valence-electron chi connectivity index (χ1n) is 11.0. The van der Waals surface area contributed by atoms with Crippen molar-refractivity contribution in [2.45, 2.75) is 43.8 Å². The summed E-state index contributed by atoms with van der Waals surface area (Å²) >= 11 is 2.87. The number of hydrogen-bond acceptors (Lipinski definition) is 7. The van der Waals surface area contributed by atoms with E-state index in [9.17, 15) is 9.59 Å². The van der Waals surface area contributed by atoms with E-state index in [4.69, 9.17) is 15.0 Å². The number of nitriles is 1. The number of nitrogens with zero attached hydrogens (tertiary/aromatic N) is 4. The fourth-order valence-electron chi connectivity index (χ4n) is 4.08. The number of rotatable bonds is 9. The molecule has 9 heteroatoms. The Labute approximate surface area is 201 Å². The fourth-order valence-corrected chi connectivity index (χ4v) is 6.29. The molecule has 4 rings (SSSR count). The summed E-state index contributed by atoms with van der Waals surface area (Å²) < 4.78 is 6.87. The van der Waals surface area contributed by atoms with Gasteiger partial charge in [-0.2, -0.15) is 5.26 Å². The summed E-state index contributed by atoms with van der Waals surface area (Å²) in [7, 11) is 1.60. The van der Waals surface area contributed by atoms with E-state index >= 15 is 0 Å². The second kappa shape index (κ2) is 11.0. The maximum absolute atomic E-state index is 13.5. The van der Waals surface area contributed by atoms with Crippen molar-refractivity contribution in [3.8, 4) is 6.07 Å². The molecule has 7 nitrogen and oxygen atoms in total. The highest BCUT2D eigenvalue weighted by atomic mass is 32.2. The zero-order valence-electron chi connectivity index (χ0n) is 18.6. The molecule has 0 fully saturated rings. The number of carbonyl (C=O) groups is 1. The normalized spacial score (nSPS) is 13.0. The Kier molecular flexibility index (Phi) is 7.81. The second-order valence-electron chi connectivity index (χ2n) is 7.81. The SMILES string of the molecule is COCCn1c(SCC(=O)N(CCC#N)c2ccccc2)nc2sc3c(c2c1=O)CCCC3. The van der Waals surface area contributed by atoms with Crippen LogP contribution >= 0.6 is 23.1 Å². The predicted molar refractivity (Wildman–Crippen MR) is 132 cm³/mol. The van der Waals surface area contributed by atoms with Crippen molar-refractivity contribution in [2.75, 3.05) is 30.9 Å². The van der Waals surface area contributed by atoms with Crippen LogP contribution in [0.25, 0.3) is 10.2 Å². The molecule has 1 amide bonds. The maximum atomic E-state index is 13.5. The van der Waals surface area contributed by atoms with E-state index in [-0.39, 0.29) is 23.6 Å². The minimum atomic E-state index is -0.125. The highest BCUT2D eigenvalue weighted by molar-refractivity contribution is 7.99. The van der Waals surface area contributed by atoms with Crippen molar-refractivity contribution >= 4 is 44.9 Å². The molecule has 0 spiro atoms. The van der Waals surface area contributed by atoms with Gasteiger partial charge in [-0.15, -0.1) is 11.3 Å². The summed E-state index contributed by atoms with van der Waals surface area (Å²) in [5, 5.41) is 10.3. The number of aryl methyl sites for hydroxylation is 2. The molecule has 0 atom stereocenters. The topological polar surface area (TPSA) is 88.2 Å². The third-order valence-corrected chi connectivity index (χ3v) is 7.85. The quantitative estimate of drug-likeness (QED) is 0.338. The molecule has 2 heterocycles. The Morgan fingerprint density at radius 3 is 2.85 bits per heavy atom. The van der Waals surface area contributed by atoms with Gasteiger partial charge in [0.15, 0.2) is 5.16 Å². The van der Waals surface area contributed by atoms with Crippen LogP contribution in [0.4, 0.5) is 5.69 Å². The molecular formula is C24H26N4O3S2. The summed E-state index contributed by atoms with van der Waals surface area (Å²) in [4.78, 5) is 35.1. The standard InChI is InChI=1S/C24H26N4O3S2/c1-31-15-14-28-23(30)21-18-10-5-6-11-19(18)33-22(21)26-24(28)32-16-20(29)27(13-7-12-25)17-8-3-2-4-9-17/h2-4,8-9H,5-7,10-11,13-16H2,1H3. The van der Waals surface area contributed by atoms with Gasteiger partial charge in [0.25, 0.3) is 5.56 Å². The van der Waals surface area contributed by atoms with E-state index in [1.807, 2.05) is 30.3 Å². The molecule has 0 saturated carbocycles. The number of para-hydroxylation sites is 1. The third kappa shape index (κ3) is 5.13. The summed E-state index contributed by atoms with van der Waals surface area (Å²) in [5.41, 5.74) is 1.87. The van der Waals surface area contributed by atoms with E-state index in [1.54, 1.807) is 27.9 Å². The van der Waals surface area contributed by atoms with Gasteiger partial charge in [-0.25, -0.2) is 4.98 Å². The lowest BCUT2D eigenvalue weighted by molar-refractivity contribution is -0.116. The first-order chi connectivity index (χ1) is 16.1. The van der Waals surface area contributed by atoms with Crippen LogP contribution in [0, 0.1) is 11.3 Å². The molecule has 0 bridgehead atoms.